The summed E-state index contributed by atoms with van der Waals surface area (Å²) in [5.74, 6) is 0.525. The molecule has 0 saturated carbocycles. The number of hydrogen-bond acceptors (Lipinski definition) is 5. The lowest BCUT2D eigenvalue weighted by Crippen LogP contribution is -2.34. The number of pyridine rings is 2. The molecule has 2 aromatic heterocycles. The minimum atomic E-state index is -0.102. The monoisotopic (exact) mass is 476 g/mol. The lowest BCUT2D eigenvalue weighted by atomic mass is 9.93. The molecule has 0 unspecified atom stereocenters. The van der Waals surface area contributed by atoms with Gasteiger partial charge in [-0.1, -0.05) is 29.8 Å². The Morgan fingerprint density at radius 1 is 1.15 bits per heavy atom. The van der Waals surface area contributed by atoms with E-state index in [-0.39, 0.29) is 12.2 Å². The molecule has 1 atom stereocenters. The third kappa shape index (κ3) is 5.09. The minimum Gasteiger partial charge on any atom is -0.487 e. The normalized spacial score (nSPS) is 17.9. The molecule has 1 aliphatic heterocycles. The molecule has 7 heteroatoms. The lowest BCUT2D eigenvalue weighted by molar-refractivity contribution is 0.250. The number of hydrogen-bond donors (Lipinski definition) is 1. The van der Waals surface area contributed by atoms with Crippen molar-refractivity contribution in [3.05, 3.63) is 92.6 Å². The van der Waals surface area contributed by atoms with Crippen molar-refractivity contribution >= 4 is 23.4 Å². The van der Waals surface area contributed by atoms with Gasteiger partial charge in [-0.3, -0.25) is 19.2 Å². The molecule has 5 rings (SSSR count). The molecule has 1 saturated heterocycles. The number of likely N-dealkylation sites (tertiary alicyclic amines) is 1. The zero-order valence-corrected chi connectivity index (χ0v) is 19.9. The maximum Gasteiger partial charge on any atom is 0.258 e. The first-order valence-corrected chi connectivity index (χ1v) is 12.2. The number of fused-ring (bicyclic) bond motifs is 1. The van der Waals surface area contributed by atoms with E-state index < -0.39 is 0 Å². The Bertz CT molecular complexity index is 1250. The molecule has 0 amide bonds. The van der Waals surface area contributed by atoms with Gasteiger partial charge in [0.1, 0.15) is 12.4 Å². The Balaban J connectivity index is 1.28. The van der Waals surface area contributed by atoms with E-state index in [4.69, 9.17) is 22.1 Å². The summed E-state index contributed by atoms with van der Waals surface area (Å²) in [7, 11) is 0. The van der Waals surface area contributed by atoms with Crippen molar-refractivity contribution in [3.8, 4) is 5.75 Å². The highest BCUT2D eigenvalue weighted by molar-refractivity contribution is 6.30. The van der Waals surface area contributed by atoms with Crippen LogP contribution < -0.4 is 16.0 Å². The average molecular weight is 477 g/mol. The summed E-state index contributed by atoms with van der Waals surface area (Å²) in [6.45, 7) is 3.09. The van der Waals surface area contributed by atoms with Crippen molar-refractivity contribution in [2.75, 3.05) is 13.1 Å². The Morgan fingerprint density at radius 3 is 2.85 bits per heavy atom. The second-order valence-electron chi connectivity index (χ2n) is 9.00. The standard InChI is InChI=1S/C27H29ClN4O2/c28-22-6-7-23(30-16-22)18-34-26-9-11-32(27(33)14-26)24-8-5-20-12-19(3-4-21(20)13-24)17-31-10-1-2-25(31)15-29/h3-4,6-7,9,11-14,16,25H,1-2,5,8,10,15,17-18,29H2/t25-/m1/s1. The first-order chi connectivity index (χ1) is 16.6. The summed E-state index contributed by atoms with van der Waals surface area (Å²) in [4.78, 5) is 19.5. The predicted octanol–water partition coefficient (Wildman–Crippen LogP) is 4.34. The van der Waals surface area contributed by atoms with Gasteiger partial charge in [-0.15, -0.1) is 0 Å². The first-order valence-electron chi connectivity index (χ1n) is 11.8. The molecule has 3 heterocycles. The smallest absolute Gasteiger partial charge is 0.258 e. The number of halogens is 1. The van der Waals surface area contributed by atoms with Crippen LogP contribution in [0.1, 0.15) is 41.6 Å². The molecule has 1 fully saturated rings. The van der Waals surface area contributed by atoms with Gasteiger partial charge in [0.05, 0.1) is 10.7 Å². The van der Waals surface area contributed by atoms with Crippen LogP contribution >= 0.6 is 11.6 Å². The molecule has 176 valence electrons. The Hall–Kier alpha value is -2.93. The second-order valence-corrected chi connectivity index (χ2v) is 9.43. The molecule has 1 aliphatic carbocycles. The number of benzene rings is 1. The maximum atomic E-state index is 12.8. The van der Waals surface area contributed by atoms with Gasteiger partial charge < -0.3 is 10.5 Å². The third-order valence-electron chi connectivity index (χ3n) is 6.71. The molecule has 6 nitrogen and oxygen atoms in total. The molecule has 0 spiro atoms. The van der Waals surface area contributed by atoms with Crippen LogP contribution in [0.15, 0.2) is 59.7 Å². The maximum absolute atomic E-state index is 12.8. The average Bonchev–Trinajstić information content (AvgIpc) is 3.30. The van der Waals surface area contributed by atoms with Crippen LogP contribution in [0.5, 0.6) is 5.75 Å². The summed E-state index contributed by atoms with van der Waals surface area (Å²) in [6.07, 6.45) is 9.67. The lowest BCUT2D eigenvalue weighted by Gasteiger charge is -2.24. The molecular weight excluding hydrogens is 448 g/mol. The van der Waals surface area contributed by atoms with Crippen LogP contribution in [0.2, 0.25) is 5.02 Å². The SMILES string of the molecule is NC[C@H]1CCCN1Cc1ccc2c(c1)CCC(n1ccc(OCc3ccc(Cl)cn3)cc1=O)=C2. The van der Waals surface area contributed by atoms with E-state index in [1.807, 2.05) is 6.07 Å². The first kappa shape index (κ1) is 22.8. The Labute approximate surface area is 204 Å². The number of ether oxygens (including phenoxy) is 1. The zero-order valence-electron chi connectivity index (χ0n) is 19.1. The van der Waals surface area contributed by atoms with E-state index in [0.717, 1.165) is 43.9 Å². The highest BCUT2D eigenvalue weighted by atomic mass is 35.5. The second kappa shape index (κ2) is 10.1. The summed E-state index contributed by atoms with van der Waals surface area (Å²) < 4.78 is 7.45. The van der Waals surface area contributed by atoms with Crippen LogP contribution in [0, 0.1) is 0 Å². The highest BCUT2D eigenvalue weighted by Crippen LogP contribution is 2.28. The van der Waals surface area contributed by atoms with Gasteiger partial charge in [-0.2, -0.15) is 0 Å². The van der Waals surface area contributed by atoms with E-state index in [0.29, 0.717) is 16.8 Å². The van der Waals surface area contributed by atoms with Crippen LogP contribution in [0.3, 0.4) is 0 Å². The van der Waals surface area contributed by atoms with Gasteiger partial charge in [0.15, 0.2) is 0 Å². The van der Waals surface area contributed by atoms with Crippen molar-refractivity contribution in [1.82, 2.24) is 14.5 Å². The Kier molecular flexibility index (Phi) is 6.81. The number of aromatic nitrogens is 2. The number of nitrogens with zero attached hydrogens (tertiary/aromatic N) is 3. The fraction of sp³-hybridized carbons (Fsp3) is 0.333. The predicted molar refractivity (Wildman–Crippen MR) is 136 cm³/mol. The number of rotatable bonds is 7. The minimum absolute atomic E-state index is 0.102. The quantitative estimate of drug-likeness (QED) is 0.549. The van der Waals surface area contributed by atoms with Gasteiger partial charge in [-0.05, 0) is 73.2 Å². The highest BCUT2D eigenvalue weighted by Gasteiger charge is 2.23. The summed E-state index contributed by atoms with van der Waals surface area (Å²) >= 11 is 5.87. The van der Waals surface area contributed by atoms with Crippen LogP contribution in [0.4, 0.5) is 0 Å². The van der Waals surface area contributed by atoms with E-state index in [1.54, 1.807) is 29.1 Å². The number of nitrogens with two attached hydrogens (primary N) is 1. The van der Waals surface area contributed by atoms with E-state index >= 15 is 0 Å². The van der Waals surface area contributed by atoms with E-state index in [1.165, 1.54) is 35.6 Å². The molecule has 2 N–H and O–H groups in total. The van der Waals surface area contributed by atoms with Crippen molar-refractivity contribution in [1.29, 1.82) is 0 Å². The topological polar surface area (TPSA) is 73.4 Å². The fourth-order valence-electron chi connectivity index (χ4n) is 4.86. The number of aryl methyl sites for hydroxylation is 1. The van der Waals surface area contributed by atoms with E-state index in [9.17, 15) is 4.79 Å². The van der Waals surface area contributed by atoms with Crippen molar-refractivity contribution in [3.63, 3.8) is 0 Å². The van der Waals surface area contributed by atoms with Gasteiger partial charge in [0.25, 0.3) is 5.56 Å². The summed E-state index contributed by atoms with van der Waals surface area (Å²) in [5, 5.41) is 0.580. The fourth-order valence-corrected chi connectivity index (χ4v) is 4.97. The third-order valence-corrected chi connectivity index (χ3v) is 6.94. The molecule has 2 aliphatic rings. The molecule has 0 bridgehead atoms. The molecule has 1 aromatic carbocycles. The Morgan fingerprint density at radius 2 is 2.06 bits per heavy atom. The zero-order chi connectivity index (χ0) is 23.5. The summed E-state index contributed by atoms with van der Waals surface area (Å²) in [5.41, 5.74) is 11.4. The molecular formula is C27H29ClN4O2. The van der Waals surface area contributed by atoms with Crippen LogP contribution in [-0.4, -0.2) is 33.6 Å². The largest absolute Gasteiger partial charge is 0.487 e. The van der Waals surface area contributed by atoms with Gasteiger partial charge >= 0.3 is 0 Å². The van der Waals surface area contributed by atoms with Crippen LogP contribution in [0.25, 0.3) is 11.8 Å². The van der Waals surface area contributed by atoms with Crippen LogP contribution in [-0.2, 0) is 19.6 Å². The van der Waals surface area contributed by atoms with Crippen molar-refractivity contribution in [2.24, 2.45) is 5.73 Å². The number of allylic oxidation sites excluding steroid dienone is 1. The van der Waals surface area contributed by atoms with Gasteiger partial charge in [0, 0.05) is 43.3 Å². The summed E-state index contributed by atoms with van der Waals surface area (Å²) in [6, 6.07) is 14.1. The van der Waals surface area contributed by atoms with Gasteiger partial charge in [-0.25, -0.2) is 0 Å². The van der Waals surface area contributed by atoms with E-state index in [2.05, 4.69) is 34.2 Å². The molecule has 34 heavy (non-hydrogen) atoms. The van der Waals surface area contributed by atoms with Crippen molar-refractivity contribution in [2.45, 2.75) is 44.9 Å². The van der Waals surface area contributed by atoms with Gasteiger partial charge in [0.2, 0.25) is 0 Å². The molecule has 3 aromatic rings. The molecule has 0 radical (unpaired) electrons. The van der Waals surface area contributed by atoms with Crippen molar-refractivity contribution < 1.29 is 4.74 Å².